The van der Waals surface area contributed by atoms with Crippen molar-refractivity contribution in [3.63, 3.8) is 0 Å². The number of hydrogen-bond acceptors (Lipinski definition) is 7. The molecule has 0 aromatic heterocycles. The highest BCUT2D eigenvalue weighted by Crippen LogP contribution is 2.29. The molecule has 1 aromatic carbocycles. The Kier molecular flexibility index (Phi) is 6.64. The fourth-order valence-electron chi connectivity index (χ4n) is 1.43. The van der Waals surface area contributed by atoms with Crippen LogP contribution in [0.15, 0.2) is 23.3 Å². The molecule has 0 spiro atoms. The summed E-state index contributed by atoms with van der Waals surface area (Å²) in [5, 5.41) is 3.70. The lowest BCUT2D eigenvalue weighted by Crippen LogP contribution is -2.18. The maximum absolute atomic E-state index is 11.2. The van der Waals surface area contributed by atoms with E-state index in [-0.39, 0.29) is 18.1 Å². The molecule has 0 unspecified atom stereocenters. The first-order valence-electron chi connectivity index (χ1n) is 6.47. The van der Waals surface area contributed by atoms with Crippen molar-refractivity contribution in [3.8, 4) is 11.5 Å². The summed E-state index contributed by atoms with van der Waals surface area (Å²) in [6.45, 7) is 4.01. The maximum Gasteiger partial charge on any atom is 0.427 e. The van der Waals surface area contributed by atoms with E-state index in [0.29, 0.717) is 12.2 Å². The first-order chi connectivity index (χ1) is 10.4. The third-order valence-corrected chi connectivity index (χ3v) is 2.64. The number of carbonyl (C=O) groups is 1. The number of rotatable bonds is 7. The summed E-state index contributed by atoms with van der Waals surface area (Å²) in [4.78, 5) is 11.1. The van der Waals surface area contributed by atoms with Crippen molar-refractivity contribution in [1.82, 2.24) is 5.43 Å². The summed E-state index contributed by atoms with van der Waals surface area (Å²) < 4.78 is 37.2. The van der Waals surface area contributed by atoms with Gasteiger partial charge >= 0.3 is 16.2 Å². The number of carbonyl (C=O) groups excluding carboxylic acids is 1. The quantitative estimate of drug-likeness (QED) is 0.462. The Morgan fingerprint density at radius 3 is 2.59 bits per heavy atom. The Balaban J connectivity index is 2.88. The molecule has 0 aliphatic heterocycles. The summed E-state index contributed by atoms with van der Waals surface area (Å²) in [6.07, 6.45) is 1.64. The molecule has 122 valence electrons. The molecule has 1 amide bonds. The summed E-state index contributed by atoms with van der Waals surface area (Å²) in [7, 11) is -3.65. The molecule has 1 aromatic rings. The van der Waals surface area contributed by atoms with E-state index in [1.54, 1.807) is 26.0 Å². The molecule has 22 heavy (non-hydrogen) atoms. The van der Waals surface area contributed by atoms with Crippen LogP contribution in [0.3, 0.4) is 0 Å². The number of amides is 1. The molecule has 0 atom stereocenters. The van der Waals surface area contributed by atoms with E-state index in [2.05, 4.69) is 15.3 Å². The van der Waals surface area contributed by atoms with Gasteiger partial charge in [-0.05, 0) is 37.6 Å². The summed E-state index contributed by atoms with van der Waals surface area (Å²) in [5.74, 6) is 0.341. The van der Waals surface area contributed by atoms with Crippen LogP contribution < -0.4 is 14.3 Å². The fourth-order valence-corrected chi connectivity index (χ4v) is 1.89. The third-order valence-electron chi connectivity index (χ3n) is 2.15. The average Bonchev–Trinajstić information content (AvgIpc) is 2.41. The van der Waals surface area contributed by atoms with Crippen molar-refractivity contribution < 1.29 is 26.9 Å². The number of hydrazone groups is 1. The molecule has 0 saturated heterocycles. The Morgan fingerprint density at radius 2 is 2.00 bits per heavy atom. The van der Waals surface area contributed by atoms with Crippen LogP contribution in [0.1, 0.15) is 19.4 Å². The predicted molar refractivity (Wildman–Crippen MR) is 80.8 cm³/mol. The van der Waals surface area contributed by atoms with Crippen molar-refractivity contribution in [1.29, 1.82) is 0 Å². The van der Waals surface area contributed by atoms with Gasteiger partial charge in [0.1, 0.15) is 0 Å². The van der Waals surface area contributed by atoms with Gasteiger partial charge in [-0.3, -0.25) is 0 Å². The number of ether oxygens (including phenoxy) is 2. The molecular formula is C13H18N2O6S. The molecule has 0 saturated carbocycles. The van der Waals surface area contributed by atoms with Gasteiger partial charge in [-0.25, -0.2) is 10.2 Å². The average molecular weight is 330 g/mol. The van der Waals surface area contributed by atoms with E-state index in [0.717, 1.165) is 6.26 Å². The summed E-state index contributed by atoms with van der Waals surface area (Å²) in [5.41, 5.74) is 2.76. The minimum atomic E-state index is -3.65. The van der Waals surface area contributed by atoms with Crippen molar-refractivity contribution in [2.24, 2.45) is 5.10 Å². The molecule has 0 fully saturated rings. The highest BCUT2D eigenvalue weighted by Gasteiger charge is 2.11. The lowest BCUT2D eigenvalue weighted by molar-refractivity contribution is 0.152. The fraction of sp³-hybridized carbons (Fsp3) is 0.385. The van der Waals surface area contributed by atoms with Gasteiger partial charge in [0.2, 0.25) is 0 Å². The van der Waals surface area contributed by atoms with E-state index in [1.807, 2.05) is 0 Å². The molecule has 0 aliphatic rings. The normalized spacial score (nSPS) is 11.2. The van der Waals surface area contributed by atoms with E-state index in [4.69, 9.17) is 8.92 Å². The number of nitrogens with one attached hydrogen (secondary N) is 1. The molecule has 0 bridgehead atoms. The van der Waals surface area contributed by atoms with Gasteiger partial charge < -0.3 is 13.7 Å². The SMILES string of the molecule is CCOC(=O)N/N=C\c1ccc(OS(C)(=O)=O)c(OCC)c1. The van der Waals surface area contributed by atoms with Crippen LogP contribution in [-0.2, 0) is 14.9 Å². The van der Waals surface area contributed by atoms with Crippen molar-refractivity contribution >= 4 is 22.4 Å². The molecule has 9 heteroatoms. The summed E-state index contributed by atoms with van der Waals surface area (Å²) >= 11 is 0. The van der Waals surface area contributed by atoms with Crippen LogP contribution in [0.25, 0.3) is 0 Å². The van der Waals surface area contributed by atoms with Crippen molar-refractivity contribution in [3.05, 3.63) is 23.8 Å². The highest BCUT2D eigenvalue weighted by molar-refractivity contribution is 7.86. The van der Waals surface area contributed by atoms with Crippen LogP contribution >= 0.6 is 0 Å². The maximum atomic E-state index is 11.2. The second kappa shape index (κ2) is 8.23. The Bertz CT molecular complexity index is 642. The predicted octanol–water partition coefficient (Wildman–Crippen LogP) is 1.50. The number of hydrogen-bond donors (Lipinski definition) is 1. The van der Waals surface area contributed by atoms with Gasteiger partial charge in [0.05, 0.1) is 25.7 Å². The zero-order valence-electron chi connectivity index (χ0n) is 12.5. The highest BCUT2D eigenvalue weighted by atomic mass is 32.2. The van der Waals surface area contributed by atoms with Gasteiger partial charge in [-0.1, -0.05) is 0 Å². The van der Waals surface area contributed by atoms with Gasteiger partial charge in [0.25, 0.3) is 0 Å². The Hall–Kier alpha value is -2.29. The molecule has 8 nitrogen and oxygen atoms in total. The number of benzene rings is 1. The Labute approximate surface area is 129 Å². The molecule has 0 radical (unpaired) electrons. The van der Waals surface area contributed by atoms with Gasteiger partial charge in [-0.2, -0.15) is 13.5 Å². The molecule has 0 heterocycles. The zero-order chi connectivity index (χ0) is 16.6. The smallest absolute Gasteiger partial charge is 0.427 e. The monoisotopic (exact) mass is 330 g/mol. The molecule has 1 rings (SSSR count). The first kappa shape index (κ1) is 17.8. The third kappa shape index (κ3) is 6.44. The van der Waals surface area contributed by atoms with Crippen LogP contribution in [0.5, 0.6) is 11.5 Å². The van der Waals surface area contributed by atoms with Crippen LogP contribution in [0, 0.1) is 0 Å². The zero-order valence-corrected chi connectivity index (χ0v) is 13.3. The molecule has 0 aliphatic carbocycles. The van der Waals surface area contributed by atoms with E-state index in [9.17, 15) is 13.2 Å². The number of nitrogens with zero attached hydrogens (tertiary/aromatic N) is 1. The Morgan fingerprint density at radius 1 is 1.27 bits per heavy atom. The molecular weight excluding hydrogens is 312 g/mol. The van der Waals surface area contributed by atoms with Gasteiger partial charge in [0, 0.05) is 0 Å². The first-order valence-corrected chi connectivity index (χ1v) is 8.29. The standard InChI is InChI=1S/C13H18N2O6S/c1-4-19-12-8-10(9-14-15-13(16)20-5-2)6-7-11(12)21-22(3,17)18/h6-9H,4-5H2,1-3H3,(H,15,16)/b14-9-. The van der Waals surface area contributed by atoms with E-state index < -0.39 is 16.2 Å². The lowest BCUT2D eigenvalue weighted by Gasteiger charge is -2.10. The van der Waals surface area contributed by atoms with Crippen molar-refractivity contribution in [2.45, 2.75) is 13.8 Å². The van der Waals surface area contributed by atoms with Crippen molar-refractivity contribution in [2.75, 3.05) is 19.5 Å². The lowest BCUT2D eigenvalue weighted by atomic mass is 10.2. The molecule has 1 N–H and O–H groups in total. The van der Waals surface area contributed by atoms with E-state index >= 15 is 0 Å². The van der Waals surface area contributed by atoms with Gasteiger partial charge in [0.15, 0.2) is 11.5 Å². The second-order valence-corrected chi connectivity index (χ2v) is 5.59. The van der Waals surface area contributed by atoms with Crippen LogP contribution in [-0.4, -0.2) is 40.2 Å². The minimum absolute atomic E-state index is 0.0832. The van der Waals surface area contributed by atoms with Gasteiger partial charge in [-0.15, -0.1) is 0 Å². The van der Waals surface area contributed by atoms with E-state index in [1.165, 1.54) is 12.3 Å². The second-order valence-electron chi connectivity index (χ2n) is 4.02. The summed E-state index contributed by atoms with van der Waals surface area (Å²) in [6, 6.07) is 4.55. The largest absolute Gasteiger partial charge is 0.490 e. The topological polar surface area (TPSA) is 103 Å². The minimum Gasteiger partial charge on any atom is -0.490 e. The van der Waals surface area contributed by atoms with Crippen LogP contribution in [0.4, 0.5) is 4.79 Å². The van der Waals surface area contributed by atoms with Crippen LogP contribution in [0.2, 0.25) is 0 Å².